The predicted octanol–water partition coefficient (Wildman–Crippen LogP) is 2.97. The van der Waals surface area contributed by atoms with Crippen molar-refractivity contribution in [1.29, 1.82) is 0 Å². The number of ether oxygens (including phenoxy) is 2. The summed E-state index contributed by atoms with van der Waals surface area (Å²) in [7, 11) is -1.49. The van der Waals surface area contributed by atoms with Crippen molar-refractivity contribution < 1.29 is 27.5 Å². The molecular weight excluding hydrogens is 390 g/mol. The van der Waals surface area contributed by atoms with E-state index in [0.29, 0.717) is 12.5 Å². The highest BCUT2D eigenvalue weighted by Gasteiger charge is 2.43. The largest absolute Gasteiger partial charge is 0.465 e. The molecule has 1 aliphatic heterocycles. The lowest BCUT2D eigenvalue weighted by Crippen LogP contribution is -2.49. The number of esters is 2. The van der Waals surface area contributed by atoms with E-state index < -0.39 is 22.0 Å². The Hall–Kier alpha value is -1.45. The van der Waals surface area contributed by atoms with Crippen molar-refractivity contribution in [1.82, 2.24) is 4.31 Å². The number of nitrogens with zero attached hydrogens (tertiary/aromatic N) is 1. The van der Waals surface area contributed by atoms with Crippen LogP contribution in [0.2, 0.25) is 0 Å². The van der Waals surface area contributed by atoms with Crippen LogP contribution in [0, 0.1) is 12.8 Å². The first kappa shape index (κ1) is 20.3. The molecule has 1 saturated carbocycles. The molecule has 3 rings (SSSR count). The molecule has 2 atom stereocenters. The molecule has 0 bridgehead atoms. The van der Waals surface area contributed by atoms with Gasteiger partial charge in [0.25, 0.3) is 10.0 Å². The monoisotopic (exact) mass is 415 g/mol. The number of rotatable bonds is 4. The van der Waals surface area contributed by atoms with Crippen LogP contribution in [0.5, 0.6) is 0 Å². The summed E-state index contributed by atoms with van der Waals surface area (Å²) >= 11 is 0.797. The Morgan fingerprint density at radius 2 is 1.67 bits per heavy atom. The number of hydrogen-bond donors (Lipinski definition) is 0. The van der Waals surface area contributed by atoms with Gasteiger partial charge in [0, 0.05) is 12.6 Å². The average molecular weight is 416 g/mol. The Kier molecular flexibility index (Phi) is 5.93. The molecule has 0 amide bonds. The number of carbonyl (C=O) groups excluding carboxylic acids is 2. The van der Waals surface area contributed by atoms with Gasteiger partial charge >= 0.3 is 11.9 Å². The number of thiophene rings is 1. The summed E-state index contributed by atoms with van der Waals surface area (Å²) in [5.74, 6) is -1.04. The molecule has 0 spiro atoms. The molecular formula is C18H25NO6S2. The van der Waals surface area contributed by atoms with Gasteiger partial charge in [0.2, 0.25) is 0 Å². The number of hydrogen-bond acceptors (Lipinski definition) is 7. The third kappa shape index (κ3) is 3.52. The Bertz CT molecular complexity index is 842. The second kappa shape index (κ2) is 7.89. The molecule has 9 heteroatoms. The van der Waals surface area contributed by atoms with Crippen LogP contribution >= 0.6 is 11.3 Å². The van der Waals surface area contributed by atoms with Gasteiger partial charge in [0.05, 0.1) is 19.8 Å². The Balaban J connectivity index is 2.10. The van der Waals surface area contributed by atoms with Gasteiger partial charge in [-0.05, 0) is 44.1 Å². The van der Waals surface area contributed by atoms with E-state index in [1.54, 1.807) is 11.2 Å². The highest BCUT2D eigenvalue weighted by atomic mass is 32.2. The van der Waals surface area contributed by atoms with Crippen LogP contribution in [0.3, 0.4) is 0 Å². The summed E-state index contributed by atoms with van der Waals surface area (Å²) < 4.78 is 38.1. The smallest absolute Gasteiger partial charge is 0.348 e. The molecule has 1 aromatic rings. The second-order valence-corrected chi connectivity index (χ2v) is 10.2. The highest BCUT2D eigenvalue weighted by molar-refractivity contribution is 7.91. The summed E-state index contributed by atoms with van der Waals surface area (Å²) in [5.41, 5.74) is 0.232. The molecule has 0 aromatic carbocycles. The molecule has 150 valence electrons. The fraction of sp³-hybridized carbons (Fsp3) is 0.667. The van der Waals surface area contributed by atoms with Crippen LogP contribution in [0.4, 0.5) is 0 Å². The first-order chi connectivity index (χ1) is 12.8. The Morgan fingerprint density at radius 3 is 2.33 bits per heavy atom. The third-order valence-electron chi connectivity index (χ3n) is 5.61. The normalized spacial score (nSPS) is 23.5. The quantitative estimate of drug-likeness (QED) is 0.702. The van der Waals surface area contributed by atoms with Crippen LogP contribution in [-0.4, -0.2) is 51.5 Å². The van der Waals surface area contributed by atoms with Crippen molar-refractivity contribution in [2.24, 2.45) is 5.92 Å². The number of carbonyl (C=O) groups is 2. The van der Waals surface area contributed by atoms with Gasteiger partial charge in [-0.1, -0.05) is 12.8 Å². The van der Waals surface area contributed by atoms with Gasteiger partial charge in [-0.2, -0.15) is 4.31 Å². The van der Waals surface area contributed by atoms with Crippen LogP contribution in [-0.2, 0) is 19.5 Å². The first-order valence-electron chi connectivity index (χ1n) is 9.14. The highest BCUT2D eigenvalue weighted by Crippen LogP contribution is 2.41. The van der Waals surface area contributed by atoms with Crippen LogP contribution in [0.1, 0.15) is 64.1 Å². The molecule has 2 aliphatic rings. The summed E-state index contributed by atoms with van der Waals surface area (Å²) in [5, 5.41) is 0. The van der Waals surface area contributed by atoms with Gasteiger partial charge < -0.3 is 9.47 Å². The van der Waals surface area contributed by atoms with Gasteiger partial charge in [0.15, 0.2) is 4.21 Å². The summed E-state index contributed by atoms with van der Waals surface area (Å²) in [4.78, 5) is 24.5. The molecule has 1 saturated heterocycles. The van der Waals surface area contributed by atoms with Crippen molar-refractivity contribution in [2.45, 2.75) is 55.7 Å². The van der Waals surface area contributed by atoms with Crippen LogP contribution in [0.25, 0.3) is 0 Å². The molecule has 2 heterocycles. The Morgan fingerprint density at radius 1 is 1.04 bits per heavy atom. The SMILES string of the molecule is COC(=O)c1sc(S(=O)(=O)N2CCC[C@@H]3CCCC[C@@H]32)c(C(=O)OC)c1C. The van der Waals surface area contributed by atoms with E-state index in [2.05, 4.69) is 0 Å². The molecule has 1 aliphatic carbocycles. The lowest BCUT2D eigenvalue weighted by Gasteiger charge is -2.42. The first-order valence-corrected chi connectivity index (χ1v) is 11.4. The van der Waals surface area contributed by atoms with Crippen molar-refractivity contribution >= 4 is 33.3 Å². The number of piperidine rings is 1. The molecule has 27 heavy (non-hydrogen) atoms. The summed E-state index contributed by atoms with van der Waals surface area (Å²) in [6.07, 6.45) is 5.86. The molecule has 1 aromatic heterocycles. The standard InChI is InChI=1S/C18H25NO6S2/c1-11-14(16(20)24-2)18(26-15(11)17(21)25-3)27(22,23)19-10-6-8-12-7-4-5-9-13(12)19/h12-13H,4-10H2,1-3H3/t12-,13-/m0/s1. The average Bonchev–Trinajstić information content (AvgIpc) is 3.04. The molecule has 2 fully saturated rings. The molecule has 0 unspecified atom stereocenters. The maximum atomic E-state index is 13.5. The number of methoxy groups -OCH3 is 2. The van der Waals surface area contributed by atoms with E-state index in [1.807, 2.05) is 0 Å². The fourth-order valence-corrected chi connectivity index (χ4v) is 7.89. The zero-order valence-electron chi connectivity index (χ0n) is 15.8. The Labute approximate surface area is 163 Å². The summed E-state index contributed by atoms with van der Waals surface area (Å²) in [6.45, 7) is 1.99. The van der Waals surface area contributed by atoms with E-state index in [4.69, 9.17) is 9.47 Å². The minimum absolute atomic E-state index is 0.0352. The maximum absolute atomic E-state index is 13.5. The van der Waals surface area contributed by atoms with Crippen molar-refractivity contribution in [3.05, 3.63) is 16.0 Å². The maximum Gasteiger partial charge on any atom is 0.348 e. The topological polar surface area (TPSA) is 90.0 Å². The summed E-state index contributed by atoms with van der Waals surface area (Å²) in [6, 6.07) is -0.0352. The van der Waals surface area contributed by atoms with E-state index in [9.17, 15) is 18.0 Å². The van der Waals surface area contributed by atoms with Crippen molar-refractivity contribution in [2.75, 3.05) is 20.8 Å². The number of fused-ring (bicyclic) bond motifs is 1. The van der Waals surface area contributed by atoms with Crippen molar-refractivity contribution in [3.8, 4) is 0 Å². The van der Waals surface area contributed by atoms with Gasteiger partial charge in [-0.3, -0.25) is 0 Å². The van der Waals surface area contributed by atoms with E-state index in [-0.39, 0.29) is 26.3 Å². The molecule has 0 radical (unpaired) electrons. The van der Waals surface area contributed by atoms with E-state index in [0.717, 1.165) is 49.9 Å². The number of sulfonamides is 1. The predicted molar refractivity (Wildman–Crippen MR) is 101 cm³/mol. The molecule has 7 nitrogen and oxygen atoms in total. The lowest BCUT2D eigenvalue weighted by molar-refractivity contribution is 0.0596. The lowest BCUT2D eigenvalue weighted by atomic mass is 9.79. The van der Waals surface area contributed by atoms with Crippen LogP contribution in [0.15, 0.2) is 4.21 Å². The van der Waals surface area contributed by atoms with Gasteiger partial charge in [0.1, 0.15) is 4.88 Å². The van der Waals surface area contributed by atoms with Crippen molar-refractivity contribution in [3.63, 3.8) is 0 Å². The van der Waals surface area contributed by atoms with E-state index >= 15 is 0 Å². The zero-order chi connectivity index (χ0) is 19.8. The minimum Gasteiger partial charge on any atom is -0.465 e. The van der Waals surface area contributed by atoms with Gasteiger partial charge in [-0.25, -0.2) is 18.0 Å². The van der Waals surface area contributed by atoms with Crippen LogP contribution < -0.4 is 0 Å². The minimum atomic E-state index is -3.92. The van der Waals surface area contributed by atoms with E-state index in [1.165, 1.54) is 14.2 Å². The molecule has 0 N–H and O–H groups in total. The zero-order valence-corrected chi connectivity index (χ0v) is 17.5. The third-order valence-corrected chi connectivity index (χ3v) is 9.30. The fourth-order valence-electron chi connectivity index (χ4n) is 4.28. The second-order valence-electron chi connectivity index (χ2n) is 7.07. The van der Waals surface area contributed by atoms with Gasteiger partial charge in [-0.15, -0.1) is 11.3 Å².